The van der Waals surface area contributed by atoms with Gasteiger partial charge in [-0.3, -0.25) is 14.7 Å². The van der Waals surface area contributed by atoms with Crippen LogP contribution in [0.2, 0.25) is 0 Å². The number of rotatable bonds is 7. The standard InChI is InChI=1S/C22H30N4O3/c1-3-29-19-7-6-16(12-20(19)28-2)14-25-11-8-17(15-25)18-13-21(27)24-22(23-18)26-9-4-5-10-26/h6-7,12-13,17H,3-5,8-11,14-15H2,1-2H3,(H,23,24,27). The molecule has 2 aromatic rings. The Bertz CT molecular complexity index is 892. The Morgan fingerprint density at radius 2 is 2.00 bits per heavy atom. The fourth-order valence-electron chi connectivity index (χ4n) is 4.31. The van der Waals surface area contributed by atoms with Crippen molar-refractivity contribution in [1.82, 2.24) is 14.9 Å². The number of methoxy groups -OCH3 is 1. The zero-order chi connectivity index (χ0) is 20.2. The first-order valence-corrected chi connectivity index (χ1v) is 10.5. The molecule has 3 heterocycles. The number of hydrogen-bond acceptors (Lipinski definition) is 6. The molecule has 1 unspecified atom stereocenters. The average Bonchev–Trinajstić information content (AvgIpc) is 3.41. The van der Waals surface area contributed by atoms with E-state index in [1.807, 2.05) is 13.0 Å². The maximum absolute atomic E-state index is 12.2. The van der Waals surface area contributed by atoms with Crippen LogP contribution in [-0.2, 0) is 6.54 Å². The van der Waals surface area contributed by atoms with Gasteiger partial charge in [-0.15, -0.1) is 0 Å². The van der Waals surface area contributed by atoms with Crippen molar-refractivity contribution in [3.8, 4) is 11.5 Å². The van der Waals surface area contributed by atoms with E-state index >= 15 is 0 Å². The third kappa shape index (κ3) is 4.56. The molecule has 0 bridgehead atoms. The summed E-state index contributed by atoms with van der Waals surface area (Å²) in [5, 5.41) is 0. The maximum Gasteiger partial charge on any atom is 0.252 e. The first-order valence-electron chi connectivity index (χ1n) is 10.5. The highest BCUT2D eigenvalue weighted by atomic mass is 16.5. The number of benzene rings is 1. The Labute approximate surface area is 171 Å². The number of aromatic amines is 1. The SMILES string of the molecule is CCOc1ccc(CN2CCC(c3cc(=O)[nH]c(N4CCCC4)n3)C2)cc1OC. The van der Waals surface area contributed by atoms with E-state index in [1.54, 1.807) is 13.2 Å². The molecule has 1 atom stereocenters. The Morgan fingerprint density at radius 3 is 2.76 bits per heavy atom. The fraction of sp³-hybridized carbons (Fsp3) is 0.545. The van der Waals surface area contributed by atoms with Crippen molar-refractivity contribution in [3.63, 3.8) is 0 Å². The van der Waals surface area contributed by atoms with Gasteiger partial charge in [-0.2, -0.15) is 0 Å². The first-order chi connectivity index (χ1) is 14.2. The Morgan fingerprint density at radius 1 is 1.17 bits per heavy atom. The van der Waals surface area contributed by atoms with Crippen LogP contribution in [-0.4, -0.2) is 54.8 Å². The third-order valence-corrected chi connectivity index (χ3v) is 5.78. The molecule has 0 saturated carbocycles. The molecule has 2 saturated heterocycles. The number of anilines is 1. The summed E-state index contributed by atoms with van der Waals surface area (Å²) in [7, 11) is 1.67. The Kier molecular flexibility index (Phi) is 6.04. The molecule has 7 nitrogen and oxygen atoms in total. The van der Waals surface area contributed by atoms with Crippen molar-refractivity contribution in [1.29, 1.82) is 0 Å². The summed E-state index contributed by atoms with van der Waals surface area (Å²) in [6.07, 6.45) is 3.34. The molecule has 0 radical (unpaired) electrons. The summed E-state index contributed by atoms with van der Waals surface area (Å²) >= 11 is 0. The van der Waals surface area contributed by atoms with Gasteiger partial charge in [0.05, 0.1) is 19.4 Å². The second kappa shape index (κ2) is 8.86. The van der Waals surface area contributed by atoms with E-state index in [9.17, 15) is 4.79 Å². The van der Waals surface area contributed by atoms with E-state index < -0.39 is 0 Å². The van der Waals surface area contributed by atoms with E-state index in [0.717, 1.165) is 75.1 Å². The van der Waals surface area contributed by atoms with E-state index in [0.29, 0.717) is 12.5 Å². The van der Waals surface area contributed by atoms with Crippen LogP contribution >= 0.6 is 0 Å². The molecule has 7 heteroatoms. The Hall–Kier alpha value is -2.54. The molecule has 0 aliphatic carbocycles. The van der Waals surface area contributed by atoms with Crippen LogP contribution < -0.4 is 19.9 Å². The quantitative estimate of drug-likeness (QED) is 0.773. The van der Waals surface area contributed by atoms with E-state index in [4.69, 9.17) is 14.5 Å². The monoisotopic (exact) mass is 398 g/mol. The predicted molar refractivity (Wildman–Crippen MR) is 113 cm³/mol. The van der Waals surface area contributed by atoms with Gasteiger partial charge in [-0.25, -0.2) is 4.98 Å². The number of H-pyrrole nitrogens is 1. The molecular weight excluding hydrogens is 368 g/mol. The number of aromatic nitrogens is 2. The van der Waals surface area contributed by atoms with Gasteiger partial charge >= 0.3 is 0 Å². The molecule has 1 N–H and O–H groups in total. The highest BCUT2D eigenvalue weighted by Gasteiger charge is 2.26. The minimum atomic E-state index is -0.0494. The first kappa shape index (κ1) is 19.8. The van der Waals surface area contributed by atoms with Crippen LogP contribution in [0.25, 0.3) is 0 Å². The topological polar surface area (TPSA) is 70.7 Å². The van der Waals surface area contributed by atoms with Gasteiger partial charge in [0.15, 0.2) is 11.5 Å². The third-order valence-electron chi connectivity index (χ3n) is 5.78. The van der Waals surface area contributed by atoms with E-state index in [2.05, 4.69) is 26.9 Å². The highest BCUT2D eigenvalue weighted by molar-refractivity contribution is 5.43. The smallest absolute Gasteiger partial charge is 0.252 e. The Balaban J connectivity index is 1.44. The second-order valence-corrected chi connectivity index (χ2v) is 7.83. The van der Waals surface area contributed by atoms with Gasteiger partial charge in [0.2, 0.25) is 5.95 Å². The van der Waals surface area contributed by atoms with Crippen LogP contribution in [0.5, 0.6) is 11.5 Å². The average molecular weight is 399 g/mol. The largest absolute Gasteiger partial charge is 0.493 e. The fourth-order valence-corrected chi connectivity index (χ4v) is 4.31. The van der Waals surface area contributed by atoms with Crippen LogP contribution in [0.3, 0.4) is 0 Å². The van der Waals surface area contributed by atoms with Gasteiger partial charge in [0, 0.05) is 38.2 Å². The zero-order valence-corrected chi connectivity index (χ0v) is 17.3. The molecule has 0 spiro atoms. The maximum atomic E-state index is 12.2. The summed E-state index contributed by atoms with van der Waals surface area (Å²) in [6, 6.07) is 7.80. The summed E-state index contributed by atoms with van der Waals surface area (Å²) in [6.45, 7) is 7.29. The predicted octanol–water partition coefficient (Wildman–Crippen LogP) is 2.77. The number of ether oxygens (including phenoxy) is 2. The van der Waals surface area contributed by atoms with Gasteiger partial charge in [-0.1, -0.05) is 6.07 Å². The molecule has 0 amide bonds. The zero-order valence-electron chi connectivity index (χ0n) is 17.3. The van der Waals surface area contributed by atoms with Gasteiger partial charge in [0.25, 0.3) is 5.56 Å². The van der Waals surface area contributed by atoms with Gasteiger partial charge in [0.1, 0.15) is 0 Å². The lowest BCUT2D eigenvalue weighted by atomic mass is 10.0. The summed E-state index contributed by atoms with van der Waals surface area (Å²) < 4.78 is 11.1. The van der Waals surface area contributed by atoms with Crippen LogP contribution in [0.1, 0.15) is 43.4 Å². The molecule has 156 valence electrons. The lowest BCUT2D eigenvalue weighted by molar-refractivity contribution is 0.307. The molecule has 1 aromatic carbocycles. The number of likely N-dealkylation sites (tertiary alicyclic amines) is 1. The molecule has 4 rings (SSSR count). The molecule has 2 aliphatic rings. The van der Waals surface area contributed by atoms with Crippen LogP contribution in [0, 0.1) is 0 Å². The summed E-state index contributed by atoms with van der Waals surface area (Å²) in [5.74, 6) is 2.58. The van der Waals surface area contributed by atoms with Crippen LogP contribution in [0.15, 0.2) is 29.1 Å². The lowest BCUT2D eigenvalue weighted by Gasteiger charge is -2.19. The van der Waals surface area contributed by atoms with E-state index in [-0.39, 0.29) is 5.56 Å². The van der Waals surface area contributed by atoms with Crippen molar-refractivity contribution in [3.05, 3.63) is 45.9 Å². The van der Waals surface area contributed by atoms with Crippen molar-refractivity contribution in [2.75, 3.05) is 44.8 Å². The minimum Gasteiger partial charge on any atom is -0.493 e. The minimum absolute atomic E-state index is 0.0494. The second-order valence-electron chi connectivity index (χ2n) is 7.83. The highest BCUT2D eigenvalue weighted by Crippen LogP contribution is 2.31. The molecule has 2 aliphatic heterocycles. The molecule has 29 heavy (non-hydrogen) atoms. The lowest BCUT2D eigenvalue weighted by Crippen LogP contribution is -2.25. The van der Waals surface area contributed by atoms with Gasteiger partial charge in [-0.05, 0) is 50.4 Å². The molecule has 2 fully saturated rings. The number of nitrogens with zero attached hydrogens (tertiary/aromatic N) is 3. The van der Waals surface area contributed by atoms with Crippen molar-refractivity contribution in [2.24, 2.45) is 0 Å². The van der Waals surface area contributed by atoms with Crippen molar-refractivity contribution < 1.29 is 9.47 Å². The van der Waals surface area contributed by atoms with Crippen molar-refractivity contribution in [2.45, 2.75) is 38.6 Å². The van der Waals surface area contributed by atoms with E-state index in [1.165, 1.54) is 5.56 Å². The molecule has 1 aromatic heterocycles. The number of hydrogen-bond donors (Lipinski definition) is 1. The summed E-state index contributed by atoms with van der Waals surface area (Å²) in [4.78, 5) is 24.5. The summed E-state index contributed by atoms with van der Waals surface area (Å²) in [5.41, 5.74) is 2.07. The van der Waals surface area contributed by atoms with Crippen molar-refractivity contribution >= 4 is 5.95 Å². The normalized spacial score (nSPS) is 19.7. The molecular formula is C22H30N4O3. The number of nitrogens with one attached hydrogen (secondary N) is 1. The van der Waals surface area contributed by atoms with Crippen LogP contribution in [0.4, 0.5) is 5.95 Å². The van der Waals surface area contributed by atoms with Gasteiger partial charge < -0.3 is 14.4 Å².